The van der Waals surface area contributed by atoms with Crippen LogP contribution < -0.4 is 5.32 Å². The molecule has 0 atom stereocenters. The summed E-state index contributed by atoms with van der Waals surface area (Å²) in [5, 5.41) is 6.92. The summed E-state index contributed by atoms with van der Waals surface area (Å²) < 4.78 is 14.4. The summed E-state index contributed by atoms with van der Waals surface area (Å²) in [5.74, 6) is 0.0817. The van der Waals surface area contributed by atoms with Crippen molar-refractivity contribution in [2.75, 3.05) is 5.32 Å². The molecule has 6 heteroatoms. The Morgan fingerprint density at radius 3 is 2.77 bits per heavy atom. The van der Waals surface area contributed by atoms with Crippen LogP contribution in [0.4, 0.5) is 10.1 Å². The number of anilines is 1. The first kappa shape index (κ1) is 13.9. The minimum Gasteiger partial charge on any atom is -0.321 e. The number of carbonyl (C=O) groups is 1. The zero-order valence-electron chi connectivity index (χ0n) is 11.8. The Morgan fingerprint density at radius 1 is 1.23 bits per heavy atom. The van der Waals surface area contributed by atoms with E-state index in [0.29, 0.717) is 11.5 Å². The highest BCUT2D eigenvalue weighted by Crippen LogP contribution is 2.10. The normalized spacial score (nSPS) is 11.2. The molecule has 22 heavy (non-hydrogen) atoms. The largest absolute Gasteiger partial charge is 0.321 e. The number of aromatic nitrogens is 3. The Balaban J connectivity index is 1.70. The Morgan fingerprint density at radius 2 is 2.00 bits per heavy atom. The molecule has 0 aliphatic rings. The van der Waals surface area contributed by atoms with Crippen molar-refractivity contribution in [3.8, 4) is 0 Å². The number of aryl methyl sites for hydroxylation is 1. The number of carbonyl (C=O) groups excluding carboxylic acids is 1. The number of halogens is 1. The van der Waals surface area contributed by atoms with Crippen LogP contribution in [-0.4, -0.2) is 20.5 Å². The van der Waals surface area contributed by atoms with Crippen LogP contribution in [0.1, 0.15) is 11.4 Å². The van der Waals surface area contributed by atoms with Crippen LogP contribution in [0.5, 0.6) is 0 Å². The van der Waals surface area contributed by atoms with Gasteiger partial charge in [-0.1, -0.05) is 12.1 Å². The maximum atomic E-state index is 12.8. The second kappa shape index (κ2) is 5.77. The van der Waals surface area contributed by atoms with Crippen molar-refractivity contribution < 1.29 is 9.18 Å². The standard InChI is InChI=1S/C16H13FN4O/c1-11-18-15-8-7-14(10-21(15)20-11)19-16(22)9-4-12-2-5-13(17)6-3-12/h2-10H,1H3,(H,19,22)/b9-4+. The summed E-state index contributed by atoms with van der Waals surface area (Å²) in [6, 6.07) is 9.43. The third-order valence-corrected chi connectivity index (χ3v) is 3.00. The van der Waals surface area contributed by atoms with Gasteiger partial charge in [-0.15, -0.1) is 0 Å². The molecule has 3 rings (SSSR count). The topological polar surface area (TPSA) is 59.3 Å². The molecule has 1 amide bonds. The first-order valence-corrected chi connectivity index (χ1v) is 6.68. The molecule has 110 valence electrons. The average molecular weight is 296 g/mol. The van der Waals surface area contributed by atoms with Crippen LogP contribution in [0.15, 0.2) is 48.7 Å². The van der Waals surface area contributed by atoms with Gasteiger partial charge >= 0.3 is 0 Å². The van der Waals surface area contributed by atoms with Crippen LogP contribution in [0, 0.1) is 12.7 Å². The number of amides is 1. The number of fused-ring (bicyclic) bond motifs is 1. The molecule has 0 saturated heterocycles. The summed E-state index contributed by atoms with van der Waals surface area (Å²) in [5.41, 5.74) is 2.09. The maximum Gasteiger partial charge on any atom is 0.248 e. The number of nitrogens with one attached hydrogen (secondary N) is 1. The second-order valence-corrected chi connectivity index (χ2v) is 4.75. The first-order chi connectivity index (χ1) is 10.6. The van der Waals surface area contributed by atoms with Gasteiger partial charge in [0.05, 0.1) is 11.9 Å². The van der Waals surface area contributed by atoms with Crippen molar-refractivity contribution in [2.45, 2.75) is 6.92 Å². The van der Waals surface area contributed by atoms with Gasteiger partial charge in [0.15, 0.2) is 5.65 Å². The van der Waals surface area contributed by atoms with Crippen LogP contribution in [0.3, 0.4) is 0 Å². The summed E-state index contributed by atoms with van der Waals surface area (Å²) in [6.07, 6.45) is 4.70. The fourth-order valence-electron chi connectivity index (χ4n) is 2.00. The van der Waals surface area contributed by atoms with Crippen LogP contribution in [0.25, 0.3) is 11.7 Å². The lowest BCUT2D eigenvalue weighted by molar-refractivity contribution is -0.111. The molecule has 0 aliphatic carbocycles. The molecule has 0 bridgehead atoms. The summed E-state index contributed by atoms with van der Waals surface area (Å²) in [7, 11) is 0. The highest BCUT2D eigenvalue weighted by atomic mass is 19.1. The number of pyridine rings is 1. The number of nitrogens with zero attached hydrogens (tertiary/aromatic N) is 3. The van der Waals surface area contributed by atoms with E-state index < -0.39 is 0 Å². The third kappa shape index (κ3) is 3.17. The van der Waals surface area contributed by atoms with Gasteiger partial charge in [-0.3, -0.25) is 4.79 Å². The molecule has 0 unspecified atom stereocenters. The van der Waals surface area contributed by atoms with Gasteiger partial charge in [0.25, 0.3) is 0 Å². The van der Waals surface area contributed by atoms with Crippen LogP contribution in [-0.2, 0) is 4.79 Å². The van der Waals surface area contributed by atoms with E-state index in [0.717, 1.165) is 11.2 Å². The van der Waals surface area contributed by atoms with E-state index >= 15 is 0 Å². The van der Waals surface area contributed by atoms with Crippen molar-refractivity contribution in [1.29, 1.82) is 0 Å². The molecule has 0 spiro atoms. The highest BCUT2D eigenvalue weighted by Gasteiger charge is 2.02. The molecule has 0 saturated carbocycles. The summed E-state index contributed by atoms with van der Waals surface area (Å²) in [6.45, 7) is 1.80. The van der Waals surface area contributed by atoms with Crippen molar-refractivity contribution in [3.63, 3.8) is 0 Å². The van der Waals surface area contributed by atoms with E-state index in [9.17, 15) is 9.18 Å². The predicted octanol–water partition coefficient (Wildman–Crippen LogP) is 2.83. The molecule has 0 aliphatic heterocycles. The Bertz CT molecular complexity index is 852. The van der Waals surface area contributed by atoms with E-state index in [4.69, 9.17) is 0 Å². The lowest BCUT2D eigenvalue weighted by Gasteiger charge is -2.02. The molecule has 2 aromatic heterocycles. The van der Waals surface area contributed by atoms with Crippen molar-refractivity contribution in [3.05, 3.63) is 65.9 Å². The second-order valence-electron chi connectivity index (χ2n) is 4.75. The van der Waals surface area contributed by atoms with Gasteiger partial charge in [0.1, 0.15) is 11.6 Å². The van der Waals surface area contributed by atoms with E-state index in [1.54, 1.807) is 48.0 Å². The molecular weight excluding hydrogens is 283 g/mol. The van der Waals surface area contributed by atoms with Gasteiger partial charge in [0, 0.05) is 6.08 Å². The first-order valence-electron chi connectivity index (χ1n) is 6.68. The lowest BCUT2D eigenvalue weighted by Crippen LogP contribution is -2.08. The van der Waals surface area contributed by atoms with Crippen molar-refractivity contribution in [2.24, 2.45) is 0 Å². The van der Waals surface area contributed by atoms with Gasteiger partial charge in [0.2, 0.25) is 5.91 Å². The highest BCUT2D eigenvalue weighted by molar-refractivity contribution is 6.01. The minimum absolute atomic E-state index is 0.277. The number of hydrogen-bond acceptors (Lipinski definition) is 3. The quantitative estimate of drug-likeness (QED) is 0.756. The van der Waals surface area contributed by atoms with Crippen LogP contribution in [0.2, 0.25) is 0 Å². The maximum absolute atomic E-state index is 12.8. The van der Waals surface area contributed by atoms with E-state index in [1.807, 2.05) is 0 Å². The molecule has 0 fully saturated rings. The molecule has 0 radical (unpaired) electrons. The molecule has 3 aromatic rings. The van der Waals surface area contributed by atoms with Gasteiger partial charge in [-0.25, -0.2) is 13.9 Å². The van der Waals surface area contributed by atoms with Crippen LogP contribution >= 0.6 is 0 Å². The van der Waals surface area contributed by atoms with Crippen molar-refractivity contribution in [1.82, 2.24) is 14.6 Å². The number of benzene rings is 1. The van der Waals surface area contributed by atoms with Gasteiger partial charge in [-0.2, -0.15) is 5.10 Å². The molecular formula is C16H13FN4O. The Hall–Kier alpha value is -3.02. The third-order valence-electron chi connectivity index (χ3n) is 3.00. The summed E-state index contributed by atoms with van der Waals surface area (Å²) in [4.78, 5) is 16.1. The fraction of sp³-hybridized carbons (Fsp3) is 0.0625. The molecule has 5 nitrogen and oxygen atoms in total. The Kier molecular flexibility index (Phi) is 3.65. The number of rotatable bonds is 3. The van der Waals surface area contributed by atoms with Gasteiger partial charge < -0.3 is 5.32 Å². The molecule has 1 N–H and O–H groups in total. The van der Waals surface area contributed by atoms with E-state index in [2.05, 4.69) is 15.4 Å². The average Bonchev–Trinajstić information content (AvgIpc) is 2.86. The zero-order chi connectivity index (χ0) is 15.5. The SMILES string of the molecule is Cc1nc2ccc(NC(=O)/C=C/c3ccc(F)cc3)cn2n1. The minimum atomic E-state index is -0.307. The van der Waals surface area contributed by atoms with Gasteiger partial charge in [-0.05, 0) is 42.8 Å². The Labute approximate surface area is 126 Å². The monoisotopic (exact) mass is 296 g/mol. The smallest absolute Gasteiger partial charge is 0.248 e. The zero-order valence-corrected chi connectivity index (χ0v) is 11.8. The van der Waals surface area contributed by atoms with E-state index in [1.165, 1.54) is 18.2 Å². The number of hydrogen-bond donors (Lipinski definition) is 1. The van der Waals surface area contributed by atoms with E-state index in [-0.39, 0.29) is 11.7 Å². The molecule has 1 aromatic carbocycles. The fourth-order valence-corrected chi connectivity index (χ4v) is 2.00. The van der Waals surface area contributed by atoms with Crippen molar-refractivity contribution >= 4 is 23.3 Å². The predicted molar refractivity (Wildman–Crippen MR) is 81.8 cm³/mol. The molecule has 2 heterocycles. The lowest BCUT2D eigenvalue weighted by atomic mass is 10.2. The summed E-state index contributed by atoms with van der Waals surface area (Å²) >= 11 is 0.